The maximum absolute atomic E-state index is 13.0. The van der Waals surface area contributed by atoms with E-state index in [9.17, 15) is 18.3 Å². The van der Waals surface area contributed by atoms with Crippen molar-refractivity contribution in [1.82, 2.24) is 4.31 Å². The molecule has 1 aromatic heterocycles. The van der Waals surface area contributed by atoms with E-state index in [1.165, 1.54) is 18.2 Å². The molecule has 140 valence electrons. The van der Waals surface area contributed by atoms with Gasteiger partial charge in [-0.25, -0.2) is 13.2 Å². The highest BCUT2D eigenvalue weighted by Crippen LogP contribution is 2.30. The maximum Gasteiger partial charge on any atom is 0.340 e. The van der Waals surface area contributed by atoms with E-state index in [0.717, 1.165) is 11.3 Å². The van der Waals surface area contributed by atoms with E-state index in [1.54, 1.807) is 0 Å². The van der Waals surface area contributed by atoms with Crippen molar-refractivity contribution in [3.05, 3.63) is 46.9 Å². The van der Waals surface area contributed by atoms with Crippen molar-refractivity contribution in [3.8, 4) is 0 Å². The van der Waals surface area contributed by atoms with Crippen LogP contribution in [0.15, 0.2) is 33.6 Å². The number of piperazine rings is 1. The van der Waals surface area contributed by atoms with Gasteiger partial charge in [-0.3, -0.25) is 0 Å². The second-order valence-corrected chi connectivity index (χ2v) is 8.33. The fourth-order valence-corrected chi connectivity index (χ4v) is 5.16. The van der Waals surface area contributed by atoms with Crippen LogP contribution < -0.4 is 4.90 Å². The van der Waals surface area contributed by atoms with Crippen LogP contribution in [0.2, 0.25) is 0 Å². The van der Waals surface area contributed by atoms with Gasteiger partial charge in [-0.15, -0.1) is 0 Å². The van der Waals surface area contributed by atoms with E-state index >= 15 is 0 Å². The molecule has 0 saturated carbocycles. The summed E-state index contributed by atoms with van der Waals surface area (Å²) in [6, 6.07) is 8.06. The number of aryl methyl sites for hydroxylation is 3. The van der Waals surface area contributed by atoms with Crippen LogP contribution in [0.4, 0.5) is 5.69 Å². The highest BCUT2D eigenvalue weighted by atomic mass is 32.2. The standard InChI is InChI=1S/C18H22N2O5S/c1-12-5-4-6-15(11-12)19-7-9-20(10-8-19)26(23,24)17-14(3)25-13(2)16(17)18(21)22/h4-6,11H,7-10H2,1-3H3,(H,21,22). The maximum atomic E-state index is 13.0. The van der Waals surface area contributed by atoms with E-state index in [1.807, 2.05) is 25.1 Å². The van der Waals surface area contributed by atoms with Gasteiger partial charge in [0, 0.05) is 31.9 Å². The molecule has 1 aliphatic rings. The lowest BCUT2D eigenvalue weighted by Gasteiger charge is -2.35. The van der Waals surface area contributed by atoms with Crippen molar-refractivity contribution in [2.45, 2.75) is 25.7 Å². The molecule has 1 aliphatic heterocycles. The van der Waals surface area contributed by atoms with Crippen molar-refractivity contribution in [3.63, 3.8) is 0 Å². The predicted molar refractivity (Wildman–Crippen MR) is 97.3 cm³/mol. The van der Waals surface area contributed by atoms with Gasteiger partial charge in [0.25, 0.3) is 0 Å². The smallest absolute Gasteiger partial charge is 0.340 e. The molecule has 2 heterocycles. The van der Waals surface area contributed by atoms with E-state index in [0.29, 0.717) is 26.2 Å². The third-order valence-corrected chi connectivity index (χ3v) is 6.67. The Bertz CT molecular complexity index is 940. The molecule has 8 heteroatoms. The van der Waals surface area contributed by atoms with Crippen molar-refractivity contribution >= 4 is 21.7 Å². The van der Waals surface area contributed by atoms with E-state index in [2.05, 4.69) is 11.0 Å². The van der Waals surface area contributed by atoms with Gasteiger partial charge in [-0.1, -0.05) is 12.1 Å². The molecule has 0 aliphatic carbocycles. The number of furan rings is 1. The number of nitrogens with zero attached hydrogens (tertiary/aromatic N) is 2. The summed E-state index contributed by atoms with van der Waals surface area (Å²) in [5, 5.41) is 9.39. The number of carbonyl (C=O) groups is 1. The Kier molecular flexibility index (Phi) is 4.81. The monoisotopic (exact) mass is 378 g/mol. The average Bonchev–Trinajstić information content (AvgIpc) is 2.90. The van der Waals surface area contributed by atoms with Gasteiger partial charge >= 0.3 is 5.97 Å². The first kappa shape index (κ1) is 18.5. The van der Waals surface area contributed by atoms with Gasteiger partial charge in [0.05, 0.1) is 0 Å². The predicted octanol–water partition coefficient (Wildman–Crippen LogP) is 2.41. The lowest BCUT2D eigenvalue weighted by atomic mass is 10.2. The molecule has 0 amide bonds. The first-order chi connectivity index (χ1) is 12.2. The van der Waals surface area contributed by atoms with Crippen molar-refractivity contribution < 1.29 is 22.7 Å². The molecule has 26 heavy (non-hydrogen) atoms. The topological polar surface area (TPSA) is 91.1 Å². The number of carboxylic acid groups (broad SMARTS) is 1. The number of rotatable bonds is 4. The minimum absolute atomic E-state index is 0.104. The fraction of sp³-hybridized carbons (Fsp3) is 0.389. The third-order valence-electron chi connectivity index (χ3n) is 4.62. The lowest BCUT2D eigenvalue weighted by Crippen LogP contribution is -2.49. The van der Waals surface area contributed by atoms with Crippen LogP contribution in [0, 0.1) is 20.8 Å². The Morgan fingerprint density at radius 2 is 1.73 bits per heavy atom. The number of sulfonamides is 1. The van der Waals surface area contributed by atoms with E-state index in [4.69, 9.17) is 4.42 Å². The van der Waals surface area contributed by atoms with Crippen molar-refractivity contribution in [2.75, 3.05) is 31.1 Å². The summed E-state index contributed by atoms with van der Waals surface area (Å²) in [7, 11) is -3.93. The third kappa shape index (κ3) is 3.22. The van der Waals surface area contributed by atoms with Crippen LogP contribution in [0.5, 0.6) is 0 Å². The Morgan fingerprint density at radius 3 is 2.31 bits per heavy atom. The van der Waals surface area contributed by atoms with Crippen molar-refractivity contribution in [1.29, 1.82) is 0 Å². The molecular weight excluding hydrogens is 356 g/mol. The first-order valence-electron chi connectivity index (χ1n) is 8.37. The van der Waals surface area contributed by atoms with Gasteiger partial charge in [-0.05, 0) is 38.5 Å². The number of aromatic carboxylic acids is 1. The van der Waals surface area contributed by atoms with Gasteiger partial charge in [0.1, 0.15) is 22.0 Å². The molecule has 1 saturated heterocycles. The van der Waals surface area contributed by atoms with E-state index < -0.39 is 16.0 Å². The molecule has 0 radical (unpaired) electrons. The summed E-state index contributed by atoms with van der Waals surface area (Å²) >= 11 is 0. The summed E-state index contributed by atoms with van der Waals surface area (Å²) in [5.74, 6) is -1.08. The number of benzene rings is 1. The Hall–Kier alpha value is -2.32. The molecule has 1 aromatic carbocycles. The molecule has 1 fully saturated rings. The summed E-state index contributed by atoms with van der Waals surface area (Å²) in [5.41, 5.74) is 1.93. The first-order valence-corrected chi connectivity index (χ1v) is 9.81. The minimum atomic E-state index is -3.93. The lowest BCUT2D eigenvalue weighted by molar-refractivity contribution is 0.0691. The average molecular weight is 378 g/mol. The molecule has 3 rings (SSSR count). The Morgan fingerprint density at radius 1 is 1.08 bits per heavy atom. The largest absolute Gasteiger partial charge is 0.478 e. The molecule has 7 nitrogen and oxygen atoms in total. The highest BCUT2D eigenvalue weighted by Gasteiger charge is 2.36. The Balaban J connectivity index is 1.84. The van der Waals surface area contributed by atoms with Gasteiger partial charge in [0.2, 0.25) is 10.0 Å². The second kappa shape index (κ2) is 6.77. The quantitative estimate of drug-likeness (QED) is 0.879. The molecule has 0 unspecified atom stereocenters. The number of carboxylic acids is 1. The second-order valence-electron chi connectivity index (χ2n) is 6.45. The fourth-order valence-electron chi connectivity index (χ4n) is 3.36. The highest BCUT2D eigenvalue weighted by molar-refractivity contribution is 7.89. The summed E-state index contributed by atoms with van der Waals surface area (Å²) < 4.78 is 32.7. The molecule has 2 aromatic rings. The van der Waals surface area contributed by atoms with Crippen LogP contribution in [0.25, 0.3) is 0 Å². The summed E-state index contributed by atoms with van der Waals surface area (Å²) in [6.45, 7) is 6.63. The van der Waals surface area contributed by atoms with Crippen LogP contribution in [-0.2, 0) is 10.0 Å². The van der Waals surface area contributed by atoms with Gasteiger partial charge in [0.15, 0.2) is 0 Å². The molecule has 1 N–H and O–H groups in total. The van der Waals surface area contributed by atoms with Gasteiger partial charge < -0.3 is 14.4 Å². The summed E-state index contributed by atoms with van der Waals surface area (Å²) in [4.78, 5) is 13.4. The van der Waals surface area contributed by atoms with Gasteiger partial charge in [-0.2, -0.15) is 4.31 Å². The zero-order chi connectivity index (χ0) is 19.1. The van der Waals surface area contributed by atoms with Crippen LogP contribution in [0.3, 0.4) is 0 Å². The number of hydrogen-bond donors (Lipinski definition) is 1. The molecular formula is C18H22N2O5S. The SMILES string of the molecule is Cc1cccc(N2CCN(S(=O)(=O)c3c(C)oc(C)c3C(=O)O)CC2)c1. The molecule has 0 spiro atoms. The normalized spacial score (nSPS) is 16.0. The zero-order valence-electron chi connectivity index (χ0n) is 15.0. The van der Waals surface area contributed by atoms with Crippen LogP contribution in [-0.4, -0.2) is 50.0 Å². The molecule has 0 bridgehead atoms. The van der Waals surface area contributed by atoms with Crippen LogP contribution >= 0.6 is 0 Å². The minimum Gasteiger partial charge on any atom is -0.478 e. The van der Waals surface area contributed by atoms with E-state index in [-0.39, 0.29) is 22.0 Å². The van der Waals surface area contributed by atoms with Crippen molar-refractivity contribution in [2.24, 2.45) is 0 Å². The van der Waals surface area contributed by atoms with Crippen LogP contribution in [0.1, 0.15) is 27.4 Å². The summed E-state index contributed by atoms with van der Waals surface area (Å²) in [6.07, 6.45) is 0. The zero-order valence-corrected chi connectivity index (χ0v) is 15.8. The molecule has 0 atom stereocenters. The number of anilines is 1. The number of hydrogen-bond acceptors (Lipinski definition) is 5. The Labute approximate surface area is 152 Å².